The van der Waals surface area contributed by atoms with Crippen molar-refractivity contribution in [3.05, 3.63) is 52.9 Å². The van der Waals surface area contributed by atoms with Crippen LogP contribution >= 0.6 is 11.6 Å². The zero-order valence-corrected chi connectivity index (χ0v) is 20.8. The molecule has 1 amide bonds. The number of nitrogens with zero attached hydrogens (tertiary/aromatic N) is 4. The van der Waals surface area contributed by atoms with E-state index >= 15 is 0 Å². The van der Waals surface area contributed by atoms with Crippen molar-refractivity contribution in [2.45, 2.75) is 45.0 Å². The summed E-state index contributed by atoms with van der Waals surface area (Å²) >= 11 is 6.11. The third-order valence-corrected chi connectivity index (χ3v) is 7.41. The van der Waals surface area contributed by atoms with E-state index in [4.69, 9.17) is 16.6 Å². The third-order valence-electron chi connectivity index (χ3n) is 7.18. The largest absolute Gasteiger partial charge is 0.433 e. The molecular formula is C25H32BClN6O2. The lowest BCUT2D eigenvalue weighted by atomic mass is 9.89. The van der Waals surface area contributed by atoms with Crippen molar-refractivity contribution in [2.24, 2.45) is 5.92 Å². The molecular weight excluding hydrogens is 463 g/mol. The maximum absolute atomic E-state index is 13.2. The molecule has 5 rings (SSSR count). The molecule has 2 saturated heterocycles. The number of nitrogens with one attached hydrogen (secondary N) is 2. The Morgan fingerprint density at radius 3 is 2.69 bits per heavy atom. The second kappa shape index (κ2) is 10.6. The second-order valence-electron chi connectivity index (χ2n) is 9.80. The molecule has 1 aromatic carbocycles. The van der Waals surface area contributed by atoms with E-state index in [0.29, 0.717) is 22.7 Å². The highest BCUT2D eigenvalue weighted by atomic mass is 35.5. The van der Waals surface area contributed by atoms with Crippen LogP contribution in [-0.2, 0) is 11.3 Å². The number of H-pyrrole nitrogens is 1. The SMILES string of the molecule is CB(O)Nc1cc(CN2CCC(C(=O)N3CCC(c4nc5ccc(Cl)cc5[nH]4)CC3)CC2)ccn1. The van der Waals surface area contributed by atoms with Crippen molar-refractivity contribution in [3.8, 4) is 0 Å². The van der Waals surface area contributed by atoms with Crippen LogP contribution in [0.2, 0.25) is 11.8 Å². The number of hydrogen-bond donors (Lipinski definition) is 3. The highest BCUT2D eigenvalue weighted by Crippen LogP contribution is 2.30. The van der Waals surface area contributed by atoms with Gasteiger partial charge in [-0.3, -0.25) is 9.69 Å². The van der Waals surface area contributed by atoms with Gasteiger partial charge in [0.1, 0.15) is 11.6 Å². The third kappa shape index (κ3) is 5.79. The molecule has 0 atom stereocenters. The molecule has 4 heterocycles. The first kappa shape index (κ1) is 24.1. The summed E-state index contributed by atoms with van der Waals surface area (Å²) in [7, 11) is -0.637. The molecule has 0 aliphatic carbocycles. The highest BCUT2D eigenvalue weighted by Gasteiger charge is 2.32. The molecule has 3 N–H and O–H groups in total. The topological polar surface area (TPSA) is 97.4 Å². The Bertz CT molecular complexity index is 1170. The van der Waals surface area contributed by atoms with Gasteiger partial charge >= 0.3 is 7.05 Å². The summed E-state index contributed by atoms with van der Waals surface area (Å²) in [6.45, 7) is 5.90. The fourth-order valence-electron chi connectivity index (χ4n) is 5.29. The number of amides is 1. The normalized spacial score (nSPS) is 18.2. The van der Waals surface area contributed by atoms with Crippen LogP contribution in [0.25, 0.3) is 11.0 Å². The number of fused-ring (bicyclic) bond motifs is 1. The van der Waals surface area contributed by atoms with Gasteiger partial charge in [0.2, 0.25) is 5.91 Å². The summed E-state index contributed by atoms with van der Waals surface area (Å²) in [5, 5.41) is 13.1. The van der Waals surface area contributed by atoms with Gasteiger partial charge in [-0.1, -0.05) is 11.6 Å². The number of anilines is 1. The number of carbonyl (C=O) groups excluding carboxylic acids is 1. The lowest BCUT2D eigenvalue weighted by Crippen LogP contribution is -2.45. The van der Waals surface area contributed by atoms with Crippen LogP contribution in [-0.4, -0.2) is 68.9 Å². The van der Waals surface area contributed by atoms with Gasteiger partial charge in [-0.05, 0) is 81.5 Å². The standard InChI is InChI=1S/C25H32BClN6O2/c1-26(35)31-23-14-17(4-9-28-23)16-32-10-5-19(6-11-32)25(34)33-12-7-18(8-13-33)24-29-21-3-2-20(27)15-22(21)30-24/h2-4,9,14-15,18-19,35H,5-8,10-13,16H2,1H3,(H,28,31)(H,29,30). The Kier molecular flexibility index (Phi) is 7.27. The van der Waals surface area contributed by atoms with E-state index in [1.165, 1.54) is 0 Å². The minimum atomic E-state index is -0.637. The van der Waals surface area contributed by atoms with Crippen LogP contribution in [0.3, 0.4) is 0 Å². The molecule has 35 heavy (non-hydrogen) atoms. The lowest BCUT2D eigenvalue weighted by molar-refractivity contribution is -0.138. The number of aromatic amines is 1. The van der Waals surface area contributed by atoms with Crippen LogP contribution in [0.1, 0.15) is 43.0 Å². The maximum atomic E-state index is 13.2. The number of aromatic nitrogens is 3. The van der Waals surface area contributed by atoms with Gasteiger partial charge in [-0.25, -0.2) is 9.97 Å². The van der Waals surface area contributed by atoms with Gasteiger partial charge in [-0.2, -0.15) is 0 Å². The molecule has 0 radical (unpaired) electrons. The zero-order valence-electron chi connectivity index (χ0n) is 20.1. The van der Waals surface area contributed by atoms with Crippen molar-refractivity contribution in [2.75, 3.05) is 31.4 Å². The number of rotatable bonds is 6. The second-order valence-corrected chi connectivity index (χ2v) is 10.2. The average molecular weight is 495 g/mol. The smallest absolute Gasteiger partial charge is 0.408 e. The van der Waals surface area contributed by atoms with E-state index in [1.54, 1.807) is 13.0 Å². The van der Waals surface area contributed by atoms with Crippen LogP contribution in [0, 0.1) is 5.92 Å². The first-order valence-corrected chi connectivity index (χ1v) is 12.9. The number of likely N-dealkylation sites (tertiary alicyclic amines) is 2. The van der Waals surface area contributed by atoms with E-state index in [-0.39, 0.29) is 5.92 Å². The summed E-state index contributed by atoms with van der Waals surface area (Å²) < 4.78 is 0. The Labute approximate surface area is 211 Å². The summed E-state index contributed by atoms with van der Waals surface area (Å²) in [6, 6.07) is 9.71. The van der Waals surface area contributed by atoms with Gasteiger partial charge < -0.3 is 20.1 Å². The molecule has 0 saturated carbocycles. The number of piperidine rings is 2. The molecule has 2 aromatic heterocycles. The van der Waals surface area contributed by atoms with E-state index in [0.717, 1.165) is 80.8 Å². The number of benzene rings is 1. The fourth-order valence-corrected chi connectivity index (χ4v) is 5.46. The maximum Gasteiger partial charge on any atom is 0.408 e. The molecule has 10 heteroatoms. The number of halogens is 1. The first-order valence-electron chi connectivity index (χ1n) is 12.5. The quantitative estimate of drug-likeness (QED) is 0.452. The summed E-state index contributed by atoms with van der Waals surface area (Å²) in [4.78, 5) is 30.1. The van der Waals surface area contributed by atoms with Crippen LogP contribution in [0.15, 0.2) is 36.5 Å². The Morgan fingerprint density at radius 2 is 1.94 bits per heavy atom. The summed E-state index contributed by atoms with van der Waals surface area (Å²) in [5.41, 5.74) is 3.07. The van der Waals surface area contributed by atoms with Crippen LogP contribution in [0.5, 0.6) is 0 Å². The average Bonchev–Trinajstić information content (AvgIpc) is 3.27. The number of carbonyl (C=O) groups is 1. The van der Waals surface area contributed by atoms with Gasteiger partial charge in [0.05, 0.1) is 11.0 Å². The Hall–Kier alpha value is -2.62. The molecule has 2 aliphatic rings. The lowest BCUT2D eigenvalue weighted by Gasteiger charge is -2.37. The monoisotopic (exact) mass is 494 g/mol. The predicted molar refractivity (Wildman–Crippen MR) is 139 cm³/mol. The molecule has 3 aromatic rings. The summed E-state index contributed by atoms with van der Waals surface area (Å²) in [6.07, 6.45) is 5.42. The van der Waals surface area contributed by atoms with E-state index in [9.17, 15) is 9.82 Å². The number of pyridine rings is 1. The Morgan fingerprint density at radius 1 is 1.17 bits per heavy atom. The molecule has 8 nitrogen and oxygen atoms in total. The fraction of sp³-hybridized carbons (Fsp3) is 0.480. The molecule has 0 unspecified atom stereocenters. The Balaban J connectivity index is 1.10. The van der Waals surface area contributed by atoms with E-state index in [1.807, 2.05) is 30.3 Å². The van der Waals surface area contributed by atoms with E-state index < -0.39 is 7.05 Å². The van der Waals surface area contributed by atoms with Crippen molar-refractivity contribution < 1.29 is 9.82 Å². The molecule has 0 spiro atoms. The minimum absolute atomic E-state index is 0.112. The first-order chi connectivity index (χ1) is 16.9. The summed E-state index contributed by atoms with van der Waals surface area (Å²) in [5.74, 6) is 2.46. The van der Waals surface area contributed by atoms with Gasteiger partial charge in [0.15, 0.2) is 0 Å². The van der Waals surface area contributed by atoms with Gasteiger partial charge in [-0.15, -0.1) is 0 Å². The molecule has 2 aliphatic heterocycles. The number of hydrogen-bond acceptors (Lipinski definition) is 6. The van der Waals surface area contributed by atoms with Gasteiger partial charge in [0, 0.05) is 42.7 Å². The minimum Gasteiger partial charge on any atom is -0.433 e. The van der Waals surface area contributed by atoms with Crippen LogP contribution < -0.4 is 5.23 Å². The molecule has 2 fully saturated rings. The molecule has 184 valence electrons. The van der Waals surface area contributed by atoms with Crippen LogP contribution in [0.4, 0.5) is 5.82 Å². The van der Waals surface area contributed by atoms with Gasteiger partial charge in [0.25, 0.3) is 0 Å². The molecule has 0 bridgehead atoms. The van der Waals surface area contributed by atoms with E-state index in [2.05, 4.69) is 25.0 Å². The highest BCUT2D eigenvalue weighted by molar-refractivity contribution is 6.52. The van der Waals surface area contributed by atoms with Crippen molar-refractivity contribution in [3.63, 3.8) is 0 Å². The number of imidazole rings is 1. The van der Waals surface area contributed by atoms with Crippen molar-refractivity contribution in [1.29, 1.82) is 0 Å². The predicted octanol–water partition coefficient (Wildman–Crippen LogP) is 3.75. The van der Waals surface area contributed by atoms with Crippen molar-refractivity contribution >= 4 is 41.4 Å². The zero-order chi connectivity index (χ0) is 24.4. The van der Waals surface area contributed by atoms with Crippen molar-refractivity contribution in [1.82, 2.24) is 24.8 Å².